The number of likely N-dealkylation sites (N-methyl/N-ethyl adjacent to an activating group) is 1. The van der Waals surface area contributed by atoms with Crippen LogP contribution in [0.25, 0.3) is 0 Å². The molecule has 17 heteroatoms. The van der Waals surface area contributed by atoms with Gasteiger partial charge in [-0.15, -0.1) is 0 Å². The fourth-order valence-corrected chi connectivity index (χ4v) is 6.46. The number of hydrogen-bond donors (Lipinski definition) is 5. The summed E-state index contributed by atoms with van der Waals surface area (Å²) in [4.78, 5) is 81.6. The van der Waals surface area contributed by atoms with Crippen molar-refractivity contribution in [2.24, 2.45) is 11.3 Å². The van der Waals surface area contributed by atoms with E-state index < -0.39 is 77.2 Å². The predicted molar refractivity (Wildman–Crippen MR) is 198 cm³/mol. The van der Waals surface area contributed by atoms with Gasteiger partial charge in [0.2, 0.25) is 35.4 Å². The van der Waals surface area contributed by atoms with Crippen molar-refractivity contribution in [3.63, 3.8) is 0 Å². The Balaban J connectivity index is 1.80. The molecule has 12 nitrogen and oxygen atoms in total. The summed E-state index contributed by atoms with van der Waals surface area (Å²) in [5.41, 5.74) is -1.96. The first-order valence-corrected chi connectivity index (χ1v) is 19.0. The lowest BCUT2D eigenvalue weighted by atomic mass is 9.99. The number of carbonyl (C=O) groups is 6. The van der Waals surface area contributed by atoms with E-state index in [2.05, 4.69) is 26.6 Å². The van der Waals surface area contributed by atoms with Gasteiger partial charge in [-0.3, -0.25) is 28.8 Å². The maximum atomic E-state index is 14.1. The number of amides is 6. The van der Waals surface area contributed by atoms with Crippen LogP contribution in [0.1, 0.15) is 84.6 Å². The second-order valence-electron chi connectivity index (χ2n) is 14.4. The molecule has 0 radical (unpaired) electrons. The third kappa shape index (κ3) is 12.1. The zero-order chi connectivity index (χ0) is 40.4. The Bertz CT molecular complexity index is 1570. The molecule has 1 aliphatic heterocycles. The quantitative estimate of drug-likeness (QED) is 0.209. The van der Waals surface area contributed by atoms with Crippen molar-refractivity contribution in [2.45, 2.75) is 122 Å². The zero-order valence-corrected chi connectivity index (χ0v) is 32.7. The van der Waals surface area contributed by atoms with Crippen LogP contribution >= 0.6 is 23.2 Å². The summed E-state index contributed by atoms with van der Waals surface area (Å²) in [5, 5.41) is 13.6. The minimum atomic E-state index is -4.76. The number of hydrogen-bond acceptors (Lipinski definition) is 6. The van der Waals surface area contributed by atoms with Gasteiger partial charge in [0.15, 0.2) is 0 Å². The molecule has 3 rings (SSSR count). The second-order valence-corrected chi connectivity index (χ2v) is 15.2. The van der Waals surface area contributed by atoms with Crippen molar-refractivity contribution < 1.29 is 41.9 Å². The zero-order valence-electron chi connectivity index (χ0n) is 31.2. The van der Waals surface area contributed by atoms with E-state index >= 15 is 0 Å². The maximum Gasteiger partial charge on any atom is 0.403 e. The van der Waals surface area contributed by atoms with E-state index in [4.69, 9.17) is 23.2 Å². The number of carbonyl (C=O) groups excluding carboxylic acids is 6. The van der Waals surface area contributed by atoms with Gasteiger partial charge in [0, 0.05) is 30.1 Å². The van der Waals surface area contributed by atoms with Crippen LogP contribution in [0.3, 0.4) is 0 Å². The SMILES string of the molecule is CC[C@H](NC(=O)C1(C(F)(F)F)CC1)C(=O)N[C@@H](C)C(=O)N[C@H]1C/C=C\CCCCNC(=O)[C@H](Cc2cc(Cl)ccc2Cl)N(C)C(=O)[C@H](CC(C)C)NC1=O. The first-order valence-electron chi connectivity index (χ1n) is 18.2. The van der Waals surface area contributed by atoms with Crippen molar-refractivity contribution in [3.8, 4) is 0 Å². The molecule has 2 aliphatic rings. The summed E-state index contributed by atoms with van der Waals surface area (Å²) >= 11 is 12.6. The lowest BCUT2D eigenvalue weighted by Gasteiger charge is -2.32. The minimum absolute atomic E-state index is 0.0377. The van der Waals surface area contributed by atoms with Crippen LogP contribution in [-0.4, -0.2) is 90.3 Å². The van der Waals surface area contributed by atoms with E-state index in [1.807, 2.05) is 19.9 Å². The summed E-state index contributed by atoms with van der Waals surface area (Å²) in [6, 6.07) is -1.04. The second kappa shape index (κ2) is 19.7. The van der Waals surface area contributed by atoms with Gasteiger partial charge in [-0.05, 0) is 88.0 Å². The monoisotopic (exact) mass is 802 g/mol. The van der Waals surface area contributed by atoms with Crippen LogP contribution in [-0.2, 0) is 35.2 Å². The first kappa shape index (κ1) is 44.5. The lowest BCUT2D eigenvalue weighted by Crippen LogP contribution is -2.59. The van der Waals surface area contributed by atoms with Gasteiger partial charge in [-0.2, -0.15) is 13.2 Å². The van der Waals surface area contributed by atoms with Crippen molar-refractivity contribution in [2.75, 3.05) is 13.6 Å². The van der Waals surface area contributed by atoms with E-state index in [9.17, 15) is 41.9 Å². The number of allylic oxidation sites excluding steroid dienone is 1. The molecule has 0 saturated heterocycles. The smallest absolute Gasteiger partial charge is 0.354 e. The summed E-state index contributed by atoms with van der Waals surface area (Å²) in [6.07, 6.45) is 0.232. The molecule has 6 amide bonds. The number of halogens is 5. The summed E-state index contributed by atoms with van der Waals surface area (Å²) in [7, 11) is 1.47. The van der Waals surface area contributed by atoms with Crippen molar-refractivity contribution >= 4 is 58.6 Å². The number of rotatable bonds is 11. The maximum absolute atomic E-state index is 14.1. The molecule has 54 heavy (non-hydrogen) atoms. The highest BCUT2D eigenvalue weighted by Crippen LogP contribution is 2.57. The van der Waals surface area contributed by atoms with Gasteiger partial charge in [-0.1, -0.05) is 56.1 Å². The summed E-state index contributed by atoms with van der Waals surface area (Å²) in [6.45, 7) is 6.92. The van der Waals surface area contributed by atoms with Crippen LogP contribution < -0.4 is 26.6 Å². The highest BCUT2D eigenvalue weighted by Gasteiger charge is 2.68. The van der Waals surface area contributed by atoms with Crippen LogP contribution in [0.5, 0.6) is 0 Å². The standard InChI is InChI=1S/C37H51Cl2F3N6O6/c1-6-26(47-35(54)36(15-16-36)37(40,41)42)31(50)44-22(4)30(49)45-27-12-10-8-7-9-11-17-43-33(52)29(20-23-19-24(38)13-14-25(23)39)48(5)34(53)28(18-21(2)3)46-32(27)51/h8,10,13-14,19,21-22,26-29H,6-7,9,11-12,15-18,20H2,1-5H3,(H,43,52)(H,44,50)(H,45,49)(H,46,51)(H,47,54)/b10-8-/t22-,26-,27-,28-,29-/m0/s1. The number of nitrogens with zero attached hydrogens (tertiary/aromatic N) is 1. The third-order valence-electron chi connectivity index (χ3n) is 9.64. The van der Waals surface area contributed by atoms with E-state index in [-0.39, 0.29) is 44.4 Å². The molecule has 5 N–H and O–H groups in total. The first-order chi connectivity index (χ1) is 25.3. The molecule has 1 fully saturated rings. The minimum Gasteiger partial charge on any atom is -0.354 e. The lowest BCUT2D eigenvalue weighted by molar-refractivity contribution is -0.192. The van der Waals surface area contributed by atoms with Gasteiger partial charge in [0.05, 0.1) is 0 Å². The Morgan fingerprint density at radius 3 is 2.30 bits per heavy atom. The van der Waals surface area contributed by atoms with Crippen LogP contribution in [0, 0.1) is 11.3 Å². The molecule has 0 aromatic heterocycles. The molecular weight excluding hydrogens is 752 g/mol. The molecule has 0 bridgehead atoms. The highest BCUT2D eigenvalue weighted by molar-refractivity contribution is 6.33. The summed E-state index contributed by atoms with van der Waals surface area (Å²) < 4.78 is 40.4. The van der Waals surface area contributed by atoms with Crippen LogP contribution in [0.2, 0.25) is 10.0 Å². The van der Waals surface area contributed by atoms with E-state index in [1.165, 1.54) is 25.8 Å². The molecule has 0 spiro atoms. The average Bonchev–Trinajstić information content (AvgIpc) is 3.92. The fourth-order valence-electron chi connectivity index (χ4n) is 6.07. The number of nitrogens with one attached hydrogen (secondary N) is 5. The van der Waals surface area contributed by atoms with Gasteiger partial charge in [-0.25, -0.2) is 0 Å². The molecule has 5 atom stereocenters. The Morgan fingerprint density at radius 1 is 1.00 bits per heavy atom. The molecule has 1 saturated carbocycles. The van der Waals surface area contributed by atoms with Crippen LogP contribution in [0.15, 0.2) is 30.4 Å². The van der Waals surface area contributed by atoms with Gasteiger partial charge in [0.1, 0.15) is 35.6 Å². The number of benzene rings is 1. The normalized spacial score (nSPS) is 23.1. The molecule has 0 unspecified atom stereocenters. The largest absolute Gasteiger partial charge is 0.403 e. The van der Waals surface area contributed by atoms with E-state index in [1.54, 1.807) is 24.3 Å². The molecule has 1 aromatic carbocycles. The molecule has 1 aromatic rings. The van der Waals surface area contributed by atoms with Crippen LogP contribution in [0.4, 0.5) is 13.2 Å². The molecule has 1 heterocycles. The molecule has 1 aliphatic carbocycles. The van der Waals surface area contributed by atoms with Gasteiger partial charge >= 0.3 is 6.18 Å². The number of alkyl halides is 3. The molecular formula is C37H51Cl2F3N6O6. The fraction of sp³-hybridized carbons (Fsp3) is 0.622. The van der Waals surface area contributed by atoms with Gasteiger partial charge in [0.25, 0.3) is 0 Å². The third-order valence-corrected chi connectivity index (χ3v) is 10.2. The highest BCUT2D eigenvalue weighted by atomic mass is 35.5. The Kier molecular flexibility index (Phi) is 16.2. The van der Waals surface area contributed by atoms with Gasteiger partial charge < -0.3 is 31.5 Å². The van der Waals surface area contributed by atoms with E-state index in [0.717, 1.165) is 0 Å². The molecule has 300 valence electrons. The average molecular weight is 804 g/mol. The summed E-state index contributed by atoms with van der Waals surface area (Å²) in [5.74, 6) is -4.65. The van der Waals surface area contributed by atoms with Crippen molar-refractivity contribution in [3.05, 3.63) is 46.0 Å². The Labute approximate surface area is 324 Å². The Hall–Kier alpha value is -3.85. The Morgan fingerprint density at radius 2 is 1.69 bits per heavy atom. The topological polar surface area (TPSA) is 166 Å². The predicted octanol–water partition coefficient (Wildman–Crippen LogP) is 4.37. The van der Waals surface area contributed by atoms with Crippen molar-refractivity contribution in [1.82, 2.24) is 31.5 Å². The van der Waals surface area contributed by atoms with Crippen molar-refractivity contribution in [1.29, 1.82) is 0 Å². The van der Waals surface area contributed by atoms with E-state index in [0.29, 0.717) is 41.4 Å².